The van der Waals surface area contributed by atoms with E-state index in [2.05, 4.69) is 55.3 Å². The highest BCUT2D eigenvalue weighted by molar-refractivity contribution is 5.53. The van der Waals surface area contributed by atoms with Crippen molar-refractivity contribution < 1.29 is 4.74 Å². The molecule has 0 saturated carbocycles. The molecular weight excluding hydrogens is 260 g/mol. The third-order valence-electron chi connectivity index (χ3n) is 4.67. The minimum atomic E-state index is 0.340. The van der Waals surface area contributed by atoms with Crippen molar-refractivity contribution in [3.05, 3.63) is 29.8 Å². The lowest BCUT2D eigenvalue weighted by Crippen LogP contribution is -2.47. The van der Waals surface area contributed by atoms with Crippen LogP contribution in [0.25, 0.3) is 0 Å². The molecule has 0 atom stereocenters. The third-order valence-corrected chi connectivity index (χ3v) is 4.67. The van der Waals surface area contributed by atoms with E-state index in [1.165, 1.54) is 11.3 Å². The van der Waals surface area contributed by atoms with Crippen LogP contribution in [0.1, 0.15) is 32.3 Å². The van der Waals surface area contributed by atoms with Gasteiger partial charge in [-0.15, -0.1) is 0 Å². The zero-order valence-corrected chi connectivity index (χ0v) is 13.8. The van der Waals surface area contributed by atoms with Crippen molar-refractivity contribution in [2.24, 2.45) is 5.41 Å². The molecule has 1 aliphatic rings. The highest BCUT2D eigenvalue weighted by atomic mass is 16.5. The van der Waals surface area contributed by atoms with Gasteiger partial charge in [-0.2, -0.15) is 0 Å². The van der Waals surface area contributed by atoms with Crippen molar-refractivity contribution >= 4 is 5.69 Å². The molecular formula is C18H30N2O. The minimum absolute atomic E-state index is 0.340. The highest BCUT2D eigenvalue weighted by Crippen LogP contribution is 2.33. The average Bonchev–Trinajstić information content (AvgIpc) is 2.52. The molecule has 0 unspecified atom stereocenters. The normalized spacial score (nSPS) is 17.7. The molecule has 0 spiro atoms. The zero-order chi connectivity index (χ0) is 15.1. The summed E-state index contributed by atoms with van der Waals surface area (Å²) in [5.41, 5.74) is 3.08. The Balaban J connectivity index is 2.15. The van der Waals surface area contributed by atoms with Crippen molar-refractivity contribution in [1.29, 1.82) is 0 Å². The van der Waals surface area contributed by atoms with E-state index in [9.17, 15) is 0 Å². The Hall–Kier alpha value is -1.06. The summed E-state index contributed by atoms with van der Waals surface area (Å²) in [4.78, 5) is 2.54. The smallest absolute Gasteiger partial charge is 0.0472 e. The molecule has 1 fully saturated rings. The monoisotopic (exact) mass is 290 g/mol. The fourth-order valence-corrected chi connectivity index (χ4v) is 3.28. The molecule has 2 rings (SSSR count). The molecule has 0 radical (unpaired) electrons. The fourth-order valence-electron chi connectivity index (χ4n) is 3.28. The minimum Gasteiger partial charge on any atom is -0.381 e. The van der Waals surface area contributed by atoms with E-state index in [0.29, 0.717) is 5.41 Å². The standard InChI is InChI=1S/C18H30N2O/c1-4-19-14-18(10-12-21-13-11-18)15-20(5-2)17-9-7-6-8-16(17)3/h6-9,19H,4-5,10-15H2,1-3H3. The highest BCUT2D eigenvalue weighted by Gasteiger charge is 2.34. The summed E-state index contributed by atoms with van der Waals surface area (Å²) in [6.45, 7) is 12.8. The second-order valence-electron chi connectivity index (χ2n) is 6.19. The van der Waals surface area contributed by atoms with Gasteiger partial charge >= 0.3 is 0 Å². The molecule has 1 saturated heterocycles. The van der Waals surface area contributed by atoms with Crippen molar-refractivity contribution in [2.45, 2.75) is 33.6 Å². The number of nitrogens with one attached hydrogen (secondary N) is 1. The van der Waals surface area contributed by atoms with Crippen LogP contribution in [0.2, 0.25) is 0 Å². The van der Waals surface area contributed by atoms with Crippen LogP contribution in [-0.2, 0) is 4.74 Å². The number of benzene rings is 1. The number of hydrogen-bond donors (Lipinski definition) is 1. The number of rotatable bonds is 7. The van der Waals surface area contributed by atoms with E-state index < -0.39 is 0 Å². The number of aryl methyl sites for hydroxylation is 1. The van der Waals surface area contributed by atoms with E-state index in [0.717, 1.165) is 52.2 Å². The number of anilines is 1. The summed E-state index contributed by atoms with van der Waals surface area (Å²) in [5, 5.41) is 3.57. The fraction of sp³-hybridized carbons (Fsp3) is 0.667. The van der Waals surface area contributed by atoms with Gasteiger partial charge in [0.15, 0.2) is 0 Å². The van der Waals surface area contributed by atoms with Crippen LogP contribution in [-0.4, -0.2) is 39.4 Å². The van der Waals surface area contributed by atoms with E-state index in [1.807, 2.05) is 0 Å². The number of nitrogens with zero attached hydrogens (tertiary/aromatic N) is 1. The van der Waals surface area contributed by atoms with Crippen LogP contribution in [0.5, 0.6) is 0 Å². The first kappa shape index (κ1) is 16.3. The first-order chi connectivity index (χ1) is 10.2. The number of para-hydroxylation sites is 1. The predicted octanol–water partition coefficient (Wildman–Crippen LogP) is 3.23. The summed E-state index contributed by atoms with van der Waals surface area (Å²) < 4.78 is 5.60. The van der Waals surface area contributed by atoms with E-state index in [1.54, 1.807) is 0 Å². The lowest BCUT2D eigenvalue weighted by atomic mass is 9.79. The number of ether oxygens (including phenoxy) is 1. The molecule has 1 heterocycles. The molecule has 3 nitrogen and oxygen atoms in total. The Morgan fingerprint density at radius 1 is 1.19 bits per heavy atom. The maximum Gasteiger partial charge on any atom is 0.0472 e. The number of hydrogen-bond acceptors (Lipinski definition) is 3. The van der Waals surface area contributed by atoms with Gasteiger partial charge in [0, 0.05) is 44.0 Å². The molecule has 3 heteroatoms. The molecule has 1 N–H and O–H groups in total. The lowest BCUT2D eigenvalue weighted by Gasteiger charge is -2.42. The first-order valence-corrected chi connectivity index (χ1v) is 8.30. The predicted molar refractivity (Wildman–Crippen MR) is 90.1 cm³/mol. The van der Waals surface area contributed by atoms with E-state index in [-0.39, 0.29) is 0 Å². The van der Waals surface area contributed by atoms with E-state index in [4.69, 9.17) is 4.74 Å². The Labute approximate surface area is 129 Å². The van der Waals surface area contributed by atoms with E-state index >= 15 is 0 Å². The molecule has 0 aromatic heterocycles. The third kappa shape index (κ3) is 4.21. The Morgan fingerprint density at radius 2 is 1.90 bits per heavy atom. The Kier molecular flexibility index (Phi) is 6.07. The van der Waals surface area contributed by atoms with Crippen molar-refractivity contribution in [3.63, 3.8) is 0 Å². The van der Waals surface area contributed by atoms with Crippen LogP contribution in [0, 0.1) is 12.3 Å². The van der Waals surface area contributed by atoms with Crippen molar-refractivity contribution in [1.82, 2.24) is 5.32 Å². The van der Waals surface area contributed by atoms with Crippen LogP contribution in [0.4, 0.5) is 5.69 Å². The Morgan fingerprint density at radius 3 is 2.52 bits per heavy atom. The molecule has 0 amide bonds. The largest absolute Gasteiger partial charge is 0.381 e. The molecule has 118 valence electrons. The first-order valence-electron chi connectivity index (χ1n) is 8.30. The van der Waals surface area contributed by atoms with Gasteiger partial charge in [0.05, 0.1) is 0 Å². The van der Waals surface area contributed by atoms with Crippen LogP contribution < -0.4 is 10.2 Å². The maximum absolute atomic E-state index is 5.60. The molecule has 0 bridgehead atoms. The van der Waals surface area contributed by atoms with Gasteiger partial charge in [0.25, 0.3) is 0 Å². The zero-order valence-electron chi connectivity index (χ0n) is 13.8. The molecule has 1 aliphatic heterocycles. The van der Waals surface area contributed by atoms with Gasteiger partial charge < -0.3 is 15.0 Å². The summed E-state index contributed by atoms with van der Waals surface area (Å²) in [7, 11) is 0. The summed E-state index contributed by atoms with van der Waals surface area (Å²) >= 11 is 0. The second kappa shape index (κ2) is 7.81. The molecule has 1 aromatic rings. The van der Waals surface area contributed by atoms with Gasteiger partial charge in [0.1, 0.15) is 0 Å². The quantitative estimate of drug-likeness (QED) is 0.834. The summed E-state index contributed by atoms with van der Waals surface area (Å²) in [6.07, 6.45) is 2.31. The topological polar surface area (TPSA) is 24.5 Å². The SMILES string of the molecule is CCNCC1(CN(CC)c2ccccc2C)CCOCC1. The van der Waals surface area contributed by atoms with Gasteiger partial charge in [-0.1, -0.05) is 25.1 Å². The van der Waals surface area contributed by atoms with Crippen molar-refractivity contribution in [2.75, 3.05) is 44.3 Å². The van der Waals surface area contributed by atoms with Crippen LogP contribution in [0.15, 0.2) is 24.3 Å². The maximum atomic E-state index is 5.60. The molecule has 21 heavy (non-hydrogen) atoms. The second-order valence-corrected chi connectivity index (χ2v) is 6.19. The van der Waals surface area contributed by atoms with Gasteiger partial charge in [0.2, 0.25) is 0 Å². The molecule has 1 aromatic carbocycles. The van der Waals surface area contributed by atoms with Gasteiger partial charge in [-0.05, 0) is 44.9 Å². The van der Waals surface area contributed by atoms with Crippen LogP contribution in [0.3, 0.4) is 0 Å². The lowest BCUT2D eigenvalue weighted by molar-refractivity contribution is 0.0186. The van der Waals surface area contributed by atoms with Gasteiger partial charge in [-0.3, -0.25) is 0 Å². The van der Waals surface area contributed by atoms with Crippen molar-refractivity contribution in [3.8, 4) is 0 Å². The average molecular weight is 290 g/mol. The Bertz CT molecular complexity index is 427. The summed E-state index contributed by atoms with van der Waals surface area (Å²) in [5.74, 6) is 0. The molecule has 0 aliphatic carbocycles. The van der Waals surface area contributed by atoms with Gasteiger partial charge in [-0.25, -0.2) is 0 Å². The van der Waals surface area contributed by atoms with Crippen LogP contribution >= 0.6 is 0 Å². The summed E-state index contributed by atoms with van der Waals surface area (Å²) in [6, 6.07) is 8.72.